The molecule has 3 nitrogen and oxygen atoms in total. The Morgan fingerprint density at radius 3 is 2.50 bits per heavy atom. The molecule has 0 spiro atoms. The third-order valence-electron chi connectivity index (χ3n) is 4.39. The maximum atomic E-state index is 9.75. The average molecular weight is 296 g/mol. The van der Waals surface area contributed by atoms with Crippen LogP contribution in [0.3, 0.4) is 0 Å². The van der Waals surface area contributed by atoms with E-state index in [-0.39, 0.29) is 0 Å². The van der Waals surface area contributed by atoms with Gasteiger partial charge in [-0.2, -0.15) is 0 Å². The van der Waals surface area contributed by atoms with Crippen molar-refractivity contribution in [3.63, 3.8) is 0 Å². The summed E-state index contributed by atoms with van der Waals surface area (Å²) in [6, 6.07) is 18.8. The second-order valence-corrected chi connectivity index (χ2v) is 5.94. The fourth-order valence-electron chi connectivity index (χ4n) is 3.32. The minimum absolute atomic E-state index is 0.346. The summed E-state index contributed by atoms with van der Waals surface area (Å²) in [5.41, 5.74) is 2.44. The average Bonchev–Trinajstić information content (AvgIpc) is 2.56. The van der Waals surface area contributed by atoms with Crippen LogP contribution in [0.1, 0.15) is 19.8 Å². The van der Waals surface area contributed by atoms with Crippen LogP contribution in [0.15, 0.2) is 54.6 Å². The minimum atomic E-state index is 0.346. The van der Waals surface area contributed by atoms with E-state index in [1.54, 1.807) is 6.07 Å². The second-order valence-electron chi connectivity index (χ2n) is 5.94. The molecule has 0 aromatic heterocycles. The molecule has 2 aromatic carbocycles. The van der Waals surface area contributed by atoms with E-state index in [1.807, 2.05) is 12.1 Å². The highest BCUT2D eigenvalue weighted by molar-refractivity contribution is 5.54. The lowest BCUT2D eigenvalue weighted by atomic mass is 10.0. The maximum Gasteiger partial charge on any atom is 0.117 e. The number of piperazine rings is 1. The Hall–Kier alpha value is -2.16. The van der Waals surface area contributed by atoms with Crippen LogP contribution in [-0.4, -0.2) is 30.8 Å². The molecular weight excluding hydrogens is 272 g/mol. The Bertz CT molecular complexity index is 599. The van der Waals surface area contributed by atoms with Crippen molar-refractivity contribution in [1.29, 1.82) is 0 Å². The van der Waals surface area contributed by atoms with Gasteiger partial charge in [0.25, 0.3) is 0 Å². The largest absolute Gasteiger partial charge is 0.508 e. The number of benzene rings is 2. The van der Waals surface area contributed by atoms with Crippen LogP contribution in [0.4, 0.5) is 11.4 Å². The Labute approximate surface area is 132 Å². The van der Waals surface area contributed by atoms with Gasteiger partial charge in [-0.25, -0.2) is 0 Å². The summed E-state index contributed by atoms with van der Waals surface area (Å²) in [5, 5.41) is 9.75. The molecule has 3 rings (SSSR count). The van der Waals surface area contributed by atoms with E-state index in [2.05, 4.69) is 53.1 Å². The van der Waals surface area contributed by atoms with Crippen LogP contribution >= 0.6 is 0 Å². The third-order valence-corrected chi connectivity index (χ3v) is 4.39. The predicted molar refractivity (Wildman–Crippen MR) is 92.8 cm³/mol. The van der Waals surface area contributed by atoms with Crippen molar-refractivity contribution < 1.29 is 5.11 Å². The zero-order valence-electron chi connectivity index (χ0n) is 13.2. The van der Waals surface area contributed by atoms with E-state index in [0.717, 1.165) is 25.3 Å². The standard InChI is InChI=1S/C19H24N2O/c1-2-7-18-15-20(16-8-4-3-5-9-16)12-13-21(18)17-10-6-11-19(22)14-17/h3-6,8-11,14,18,22H,2,7,12-13,15H2,1H3. The number of rotatable bonds is 4. The predicted octanol–water partition coefficient (Wildman–Crippen LogP) is 3.89. The highest BCUT2D eigenvalue weighted by Crippen LogP contribution is 2.28. The summed E-state index contributed by atoms with van der Waals surface area (Å²) in [7, 11) is 0. The molecule has 3 heteroatoms. The van der Waals surface area contributed by atoms with Gasteiger partial charge in [-0.1, -0.05) is 37.6 Å². The first-order valence-electron chi connectivity index (χ1n) is 8.13. The van der Waals surface area contributed by atoms with Crippen molar-refractivity contribution in [2.24, 2.45) is 0 Å². The van der Waals surface area contributed by atoms with Gasteiger partial charge in [0.1, 0.15) is 5.75 Å². The number of nitrogens with zero attached hydrogens (tertiary/aromatic N) is 2. The fraction of sp³-hybridized carbons (Fsp3) is 0.368. The highest BCUT2D eigenvalue weighted by Gasteiger charge is 2.26. The van der Waals surface area contributed by atoms with Gasteiger partial charge in [-0.15, -0.1) is 0 Å². The summed E-state index contributed by atoms with van der Waals surface area (Å²) in [6.07, 6.45) is 2.33. The van der Waals surface area contributed by atoms with Gasteiger partial charge in [0, 0.05) is 43.1 Å². The number of para-hydroxylation sites is 1. The number of hydrogen-bond donors (Lipinski definition) is 1. The molecule has 0 bridgehead atoms. The van der Waals surface area contributed by atoms with Gasteiger partial charge in [-0.3, -0.25) is 0 Å². The van der Waals surface area contributed by atoms with E-state index in [0.29, 0.717) is 11.8 Å². The van der Waals surface area contributed by atoms with Gasteiger partial charge >= 0.3 is 0 Å². The summed E-state index contributed by atoms with van der Waals surface area (Å²) in [4.78, 5) is 4.92. The Morgan fingerprint density at radius 1 is 1.00 bits per heavy atom. The highest BCUT2D eigenvalue weighted by atomic mass is 16.3. The third kappa shape index (κ3) is 3.19. The maximum absolute atomic E-state index is 9.75. The monoisotopic (exact) mass is 296 g/mol. The smallest absolute Gasteiger partial charge is 0.117 e. The van der Waals surface area contributed by atoms with Gasteiger partial charge < -0.3 is 14.9 Å². The Morgan fingerprint density at radius 2 is 1.77 bits per heavy atom. The SMILES string of the molecule is CCCC1CN(c2ccccc2)CCN1c1cccc(O)c1. The molecule has 0 amide bonds. The van der Waals surface area contributed by atoms with Crippen molar-refractivity contribution in [2.75, 3.05) is 29.4 Å². The number of phenols is 1. The zero-order valence-corrected chi connectivity index (χ0v) is 13.2. The molecule has 0 saturated carbocycles. The van der Waals surface area contributed by atoms with Crippen LogP contribution in [-0.2, 0) is 0 Å². The lowest BCUT2D eigenvalue weighted by Crippen LogP contribution is -2.53. The number of hydrogen-bond acceptors (Lipinski definition) is 3. The van der Waals surface area contributed by atoms with Crippen molar-refractivity contribution in [3.05, 3.63) is 54.6 Å². The van der Waals surface area contributed by atoms with Crippen molar-refractivity contribution >= 4 is 11.4 Å². The summed E-state index contributed by atoms with van der Waals surface area (Å²) in [6.45, 7) is 5.28. The molecule has 1 heterocycles. The van der Waals surface area contributed by atoms with E-state index in [4.69, 9.17) is 0 Å². The molecule has 1 aliphatic heterocycles. The fourth-order valence-corrected chi connectivity index (χ4v) is 3.32. The second kappa shape index (κ2) is 6.73. The molecule has 2 aromatic rings. The van der Waals surface area contributed by atoms with Gasteiger partial charge in [-0.05, 0) is 30.7 Å². The zero-order chi connectivity index (χ0) is 15.4. The topological polar surface area (TPSA) is 26.7 Å². The quantitative estimate of drug-likeness (QED) is 0.927. The molecule has 1 atom stereocenters. The molecule has 1 unspecified atom stereocenters. The Balaban J connectivity index is 1.79. The van der Waals surface area contributed by atoms with Crippen LogP contribution in [0.2, 0.25) is 0 Å². The van der Waals surface area contributed by atoms with Crippen LogP contribution in [0.25, 0.3) is 0 Å². The molecule has 0 radical (unpaired) electrons. The molecule has 1 saturated heterocycles. The van der Waals surface area contributed by atoms with Crippen molar-refractivity contribution in [1.82, 2.24) is 0 Å². The lowest BCUT2D eigenvalue weighted by Gasteiger charge is -2.44. The summed E-state index contributed by atoms with van der Waals surface area (Å²) in [5.74, 6) is 0.346. The molecule has 0 aliphatic carbocycles. The van der Waals surface area contributed by atoms with Crippen LogP contribution < -0.4 is 9.80 Å². The molecule has 22 heavy (non-hydrogen) atoms. The van der Waals surface area contributed by atoms with Crippen molar-refractivity contribution in [3.8, 4) is 5.75 Å². The first-order valence-corrected chi connectivity index (χ1v) is 8.13. The summed E-state index contributed by atoms with van der Waals surface area (Å²) < 4.78 is 0. The van der Waals surface area contributed by atoms with E-state index < -0.39 is 0 Å². The number of phenolic OH excluding ortho intramolecular Hbond substituents is 1. The number of aromatic hydroxyl groups is 1. The molecule has 1 N–H and O–H groups in total. The molecule has 1 fully saturated rings. The van der Waals surface area contributed by atoms with E-state index in [9.17, 15) is 5.11 Å². The van der Waals surface area contributed by atoms with E-state index >= 15 is 0 Å². The first-order chi connectivity index (χ1) is 10.8. The molecule has 1 aliphatic rings. The molecule has 116 valence electrons. The van der Waals surface area contributed by atoms with Crippen molar-refractivity contribution in [2.45, 2.75) is 25.8 Å². The number of anilines is 2. The molecular formula is C19H24N2O. The van der Waals surface area contributed by atoms with E-state index in [1.165, 1.54) is 18.5 Å². The van der Waals surface area contributed by atoms with Gasteiger partial charge in [0.2, 0.25) is 0 Å². The lowest BCUT2D eigenvalue weighted by molar-refractivity contribution is 0.470. The van der Waals surface area contributed by atoms with Crippen LogP contribution in [0, 0.1) is 0 Å². The first kappa shape index (κ1) is 14.8. The minimum Gasteiger partial charge on any atom is -0.508 e. The van der Waals surface area contributed by atoms with Crippen LogP contribution in [0.5, 0.6) is 5.75 Å². The van der Waals surface area contributed by atoms with Gasteiger partial charge in [0.05, 0.1) is 0 Å². The van der Waals surface area contributed by atoms with Gasteiger partial charge in [0.15, 0.2) is 0 Å². The summed E-state index contributed by atoms with van der Waals surface area (Å²) >= 11 is 0. The normalized spacial score (nSPS) is 18.5. The Kier molecular flexibility index (Phi) is 4.52.